The van der Waals surface area contributed by atoms with Gasteiger partial charge >= 0.3 is 5.97 Å². The molecule has 1 aromatic heterocycles. The molecule has 0 bridgehead atoms. The fraction of sp³-hybridized carbons (Fsp3) is 0.111. The molecule has 11 heteroatoms. The number of fused-ring (bicyclic) bond motifs is 1. The number of carbonyl (C=O) groups excluding carboxylic acids is 2. The molecule has 1 amide bonds. The maximum Gasteiger partial charge on any atom is 0.356 e. The molecule has 4 aromatic rings. The normalized spacial score (nSPS) is 11.4. The van der Waals surface area contributed by atoms with Crippen molar-refractivity contribution in [1.82, 2.24) is 3.97 Å². The molecule has 0 unspecified atom stereocenters. The van der Waals surface area contributed by atoms with Gasteiger partial charge in [0.15, 0.2) is 5.69 Å². The predicted octanol–water partition coefficient (Wildman–Crippen LogP) is 5.47. The lowest BCUT2D eigenvalue weighted by molar-refractivity contribution is -0.111. The van der Waals surface area contributed by atoms with Gasteiger partial charge in [-0.25, -0.2) is 17.2 Å². The Labute approximate surface area is 229 Å². The van der Waals surface area contributed by atoms with E-state index < -0.39 is 27.6 Å². The third-order valence-electron chi connectivity index (χ3n) is 5.69. The number of esters is 1. The minimum absolute atomic E-state index is 0.0107. The average Bonchev–Trinajstić information content (AvgIpc) is 3.25. The monoisotopic (exact) mass is 571 g/mol. The number of nitrogens with one attached hydrogen (secondary N) is 1. The molecular formula is C27H23Cl2N3O5S. The van der Waals surface area contributed by atoms with Crippen LogP contribution in [0.1, 0.15) is 28.5 Å². The number of carbonyl (C=O) groups is 2. The van der Waals surface area contributed by atoms with E-state index in [2.05, 4.69) is 11.9 Å². The van der Waals surface area contributed by atoms with E-state index in [1.807, 2.05) is 0 Å². The maximum atomic E-state index is 13.9. The second kappa shape index (κ2) is 11.0. The van der Waals surface area contributed by atoms with Gasteiger partial charge in [-0.05, 0) is 48.9 Å². The van der Waals surface area contributed by atoms with Gasteiger partial charge in [0, 0.05) is 33.8 Å². The van der Waals surface area contributed by atoms with Crippen molar-refractivity contribution in [3.05, 3.63) is 100 Å². The summed E-state index contributed by atoms with van der Waals surface area (Å²) in [6, 6.07) is 17.1. The van der Waals surface area contributed by atoms with Crippen molar-refractivity contribution in [3.63, 3.8) is 0 Å². The first kappa shape index (κ1) is 27.4. The largest absolute Gasteiger partial charge is 0.461 e. The zero-order valence-electron chi connectivity index (χ0n) is 20.2. The molecule has 196 valence electrons. The number of nitrogens with two attached hydrogens (primary N) is 1. The fourth-order valence-corrected chi connectivity index (χ4v) is 6.13. The number of nitrogens with zero attached hydrogens (tertiary/aromatic N) is 1. The quantitative estimate of drug-likeness (QED) is 0.213. The van der Waals surface area contributed by atoms with Gasteiger partial charge in [0.05, 0.1) is 22.0 Å². The first-order valence-corrected chi connectivity index (χ1v) is 13.6. The van der Waals surface area contributed by atoms with Crippen molar-refractivity contribution >= 4 is 67.3 Å². The van der Waals surface area contributed by atoms with E-state index in [0.717, 1.165) is 9.54 Å². The Morgan fingerprint density at radius 1 is 1.05 bits per heavy atom. The molecule has 0 saturated heterocycles. The summed E-state index contributed by atoms with van der Waals surface area (Å²) >= 11 is 12.8. The number of rotatable bonds is 8. The number of anilines is 1. The Hall–Kier alpha value is -3.63. The summed E-state index contributed by atoms with van der Waals surface area (Å²) in [5, 5.41) is 2.97. The summed E-state index contributed by atoms with van der Waals surface area (Å²) in [4.78, 5) is 26.6. The third-order valence-corrected chi connectivity index (χ3v) is 7.93. The van der Waals surface area contributed by atoms with Gasteiger partial charge in [0.1, 0.15) is 0 Å². The number of hydrogen-bond donors (Lipinski definition) is 2. The van der Waals surface area contributed by atoms with E-state index >= 15 is 0 Å². The van der Waals surface area contributed by atoms with Crippen molar-refractivity contribution in [2.24, 2.45) is 5.73 Å². The molecule has 3 aromatic carbocycles. The number of benzene rings is 3. The molecule has 8 nitrogen and oxygen atoms in total. The molecule has 38 heavy (non-hydrogen) atoms. The second-order valence-corrected chi connectivity index (χ2v) is 10.8. The Kier molecular flexibility index (Phi) is 7.94. The highest BCUT2D eigenvalue weighted by Gasteiger charge is 2.35. The molecule has 0 aliphatic heterocycles. The third kappa shape index (κ3) is 5.06. The van der Waals surface area contributed by atoms with E-state index in [1.54, 1.807) is 49.4 Å². The molecule has 0 radical (unpaired) electrons. The zero-order chi connectivity index (χ0) is 27.6. The summed E-state index contributed by atoms with van der Waals surface area (Å²) in [5.41, 5.74) is 6.18. The highest BCUT2D eigenvalue weighted by Crippen LogP contribution is 2.40. The Bertz CT molecular complexity index is 1680. The van der Waals surface area contributed by atoms with Crippen molar-refractivity contribution in [2.75, 3.05) is 11.9 Å². The smallest absolute Gasteiger partial charge is 0.356 e. The van der Waals surface area contributed by atoms with Gasteiger partial charge < -0.3 is 15.8 Å². The van der Waals surface area contributed by atoms with Crippen molar-refractivity contribution in [1.29, 1.82) is 0 Å². The summed E-state index contributed by atoms with van der Waals surface area (Å²) in [6.07, 6.45) is 0. The van der Waals surface area contributed by atoms with E-state index in [0.29, 0.717) is 5.69 Å². The molecule has 3 N–H and O–H groups in total. The molecule has 0 saturated carbocycles. The predicted molar refractivity (Wildman–Crippen MR) is 149 cm³/mol. The van der Waals surface area contributed by atoms with Crippen molar-refractivity contribution in [2.45, 2.75) is 18.4 Å². The first-order valence-electron chi connectivity index (χ1n) is 11.4. The van der Waals surface area contributed by atoms with Crippen LogP contribution >= 0.6 is 23.2 Å². The molecule has 0 atom stereocenters. The first-order chi connectivity index (χ1) is 18.1. The Morgan fingerprint density at radius 3 is 2.42 bits per heavy atom. The van der Waals surface area contributed by atoms with Crippen LogP contribution in [-0.2, 0) is 26.1 Å². The summed E-state index contributed by atoms with van der Waals surface area (Å²) < 4.78 is 33.8. The number of amides is 1. The number of halogens is 2. The van der Waals surface area contributed by atoms with E-state index in [1.165, 1.54) is 24.3 Å². The van der Waals surface area contributed by atoms with Gasteiger partial charge in [-0.15, -0.1) is 0 Å². The summed E-state index contributed by atoms with van der Waals surface area (Å²) in [5.74, 6) is -1.67. The second-order valence-electron chi connectivity index (χ2n) is 8.15. The van der Waals surface area contributed by atoms with Gasteiger partial charge in [0.2, 0.25) is 0 Å². The highest BCUT2D eigenvalue weighted by atomic mass is 35.5. The van der Waals surface area contributed by atoms with Gasteiger partial charge in [-0.1, -0.05) is 60.1 Å². The minimum atomic E-state index is -4.39. The van der Waals surface area contributed by atoms with Crippen molar-refractivity contribution < 1.29 is 22.7 Å². The SMILES string of the molecule is C=C(C(=O)Nc1cccc(CN)c1)c1c(C(=O)OCC)n(S(=O)(=O)c2ccccc2)c2cc(Cl)cc(Cl)c12. The molecule has 4 rings (SSSR count). The van der Waals surface area contributed by atoms with E-state index in [4.69, 9.17) is 33.7 Å². The van der Waals surface area contributed by atoms with E-state index in [9.17, 15) is 18.0 Å². The Balaban J connectivity index is 2.01. The van der Waals surface area contributed by atoms with Crippen LogP contribution in [0.5, 0.6) is 0 Å². The zero-order valence-corrected chi connectivity index (χ0v) is 22.5. The lowest BCUT2D eigenvalue weighted by Crippen LogP contribution is -2.22. The van der Waals surface area contributed by atoms with Crippen LogP contribution in [0.25, 0.3) is 16.5 Å². The lowest BCUT2D eigenvalue weighted by Gasteiger charge is -2.13. The topological polar surface area (TPSA) is 120 Å². The highest BCUT2D eigenvalue weighted by molar-refractivity contribution is 7.90. The fourth-order valence-electron chi connectivity index (χ4n) is 4.03. The van der Waals surface area contributed by atoms with Gasteiger partial charge in [0.25, 0.3) is 15.9 Å². The average molecular weight is 572 g/mol. The van der Waals surface area contributed by atoms with Crippen LogP contribution < -0.4 is 11.1 Å². The molecule has 0 spiro atoms. The van der Waals surface area contributed by atoms with Crippen molar-refractivity contribution in [3.8, 4) is 0 Å². The van der Waals surface area contributed by atoms with Crippen LogP contribution in [0.15, 0.2) is 78.2 Å². The molecule has 0 aliphatic carbocycles. The molecule has 1 heterocycles. The van der Waals surface area contributed by atoms with Crippen LogP contribution in [0.2, 0.25) is 10.0 Å². The maximum absolute atomic E-state index is 13.9. The molecular weight excluding hydrogens is 549 g/mol. The molecule has 0 fully saturated rings. The standard InChI is InChI=1S/C27H23Cl2N3O5S/c1-3-37-27(34)25-23(16(2)26(33)31-19-9-7-8-17(12-19)15-30)24-21(29)13-18(28)14-22(24)32(25)38(35,36)20-10-5-4-6-11-20/h4-14H,2-3,15,30H2,1H3,(H,31,33). The van der Waals surface area contributed by atoms with Crippen LogP contribution in [0.4, 0.5) is 5.69 Å². The number of aromatic nitrogens is 1. The molecule has 0 aliphatic rings. The van der Waals surface area contributed by atoms with Gasteiger partial charge in [-0.3, -0.25) is 4.79 Å². The summed E-state index contributed by atoms with van der Waals surface area (Å²) in [7, 11) is -4.39. The lowest BCUT2D eigenvalue weighted by atomic mass is 10.0. The minimum Gasteiger partial charge on any atom is -0.461 e. The number of ether oxygens (including phenoxy) is 1. The van der Waals surface area contributed by atoms with Crippen LogP contribution in [0.3, 0.4) is 0 Å². The summed E-state index contributed by atoms with van der Waals surface area (Å²) in [6.45, 7) is 5.69. The van der Waals surface area contributed by atoms with Crippen LogP contribution in [0, 0.1) is 0 Å². The van der Waals surface area contributed by atoms with Gasteiger partial charge in [-0.2, -0.15) is 0 Å². The van der Waals surface area contributed by atoms with E-state index in [-0.39, 0.29) is 50.1 Å². The van der Waals surface area contributed by atoms with Crippen LogP contribution in [-0.4, -0.2) is 30.9 Å². The Morgan fingerprint density at radius 2 is 1.76 bits per heavy atom. The number of hydrogen-bond acceptors (Lipinski definition) is 6.